The number of aromatic nitrogens is 3. The molecule has 1 aromatic heterocycles. The third-order valence-corrected chi connectivity index (χ3v) is 11.1. The summed E-state index contributed by atoms with van der Waals surface area (Å²) in [6, 6.07) is 13.3. The maximum absolute atomic E-state index is 14.3. The highest BCUT2D eigenvalue weighted by atomic mass is 32.2. The van der Waals surface area contributed by atoms with Crippen LogP contribution in [0.1, 0.15) is 33.6 Å². The first-order valence-electron chi connectivity index (χ1n) is 14.5. The number of rotatable bonds is 10. The zero-order chi connectivity index (χ0) is 29.6. The summed E-state index contributed by atoms with van der Waals surface area (Å²) in [5.41, 5.74) is 2.12. The number of aliphatic hydroxyl groups is 1. The van der Waals surface area contributed by atoms with E-state index in [4.69, 9.17) is 4.74 Å². The first kappa shape index (κ1) is 28.5. The Morgan fingerprint density at radius 1 is 1.17 bits per heavy atom. The number of likely N-dealkylation sites (tertiary alicyclic amines) is 1. The fraction of sp³-hybridized carbons (Fsp3) is 0.500. The number of carbonyl (C=O) groups excluding carboxylic acids is 3. The van der Waals surface area contributed by atoms with Gasteiger partial charge in [0.1, 0.15) is 24.0 Å². The fourth-order valence-corrected chi connectivity index (χ4v) is 9.58. The van der Waals surface area contributed by atoms with Gasteiger partial charge in [0.05, 0.1) is 41.4 Å². The molecule has 3 saturated heterocycles. The Kier molecular flexibility index (Phi) is 7.61. The summed E-state index contributed by atoms with van der Waals surface area (Å²) in [5.74, 6) is -1.33. The number of nitrogens with zero attached hydrogens (tertiary/aromatic N) is 4. The normalized spacial score (nSPS) is 28.6. The molecule has 0 saturated carbocycles. The van der Waals surface area contributed by atoms with Crippen LogP contribution in [0.3, 0.4) is 0 Å². The Bertz CT molecular complexity index is 1490. The Hall–Kier alpha value is -3.64. The summed E-state index contributed by atoms with van der Waals surface area (Å²) in [6.45, 7) is 6.23. The smallest absolute Gasteiger partial charge is 0.245 e. The number of thioether (sulfide) groups is 1. The van der Waals surface area contributed by atoms with Crippen molar-refractivity contribution >= 4 is 46.2 Å². The molecule has 3 aliphatic heterocycles. The van der Waals surface area contributed by atoms with Gasteiger partial charge in [0.15, 0.2) is 0 Å². The van der Waals surface area contributed by atoms with Crippen LogP contribution in [0.4, 0.5) is 5.69 Å². The van der Waals surface area contributed by atoms with Gasteiger partial charge in [0.2, 0.25) is 17.7 Å². The summed E-state index contributed by atoms with van der Waals surface area (Å²) in [4.78, 5) is 43.8. The molecule has 7 atom stereocenters. The molecule has 3 unspecified atom stereocenters. The molecule has 42 heavy (non-hydrogen) atoms. The number of carbonyl (C=O) groups is 3. The molecular formula is C30H36N6O5S. The van der Waals surface area contributed by atoms with Gasteiger partial charge in [-0.1, -0.05) is 31.2 Å². The quantitative estimate of drug-likeness (QED) is 0.327. The molecule has 2 aromatic carbocycles. The lowest BCUT2D eigenvalue weighted by molar-refractivity contribution is -0.142. The van der Waals surface area contributed by atoms with E-state index in [0.717, 1.165) is 17.5 Å². The second kappa shape index (κ2) is 11.2. The van der Waals surface area contributed by atoms with Gasteiger partial charge in [-0.15, -0.1) is 16.9 Å². The molecule has 0 radical (unpaired) electrons. The molecule has 3 aromatic rings. The second-order valence-corrected chi connectivity index (χ2v) is 12.8. The largest absolute Gasteiger partial charge is 0.494 e. The summed E-state index contributed by atoms with van der Waals surface area (Å²) < 4.78 is 6.33. The monoisotopic (exact) mass is 592 g/mol. The Morgan fingerprint density at radius 2 is 1.93 bits per heavy atom. The standard InChI is InChI=1S/C30H36N6O5S/c1-4-19(15-37)36-26(28(39)31-16-35-22-9-7-6-8-21(22)33-34-35)30-17(3)14-23(42-30)24(25(30)29(36)40)27(38)32-18-10-12-20(13-11-18)41-5-2/h6-13,17,19,23-26,37H,4-5,14-16H2,1-3H3,(H,31,39)(H,32,38)/t17?,19-,23-,24+,25-,26?,30?/m0/s1. The Labute approximate surface area is 248 Å². The van der Waals surface area contributed by atoms with Gasteiger partial charge in [-0.05, 0) is 62.1 Å². The number of aliphatic hydroxyl groups excluding tert-OH is 1. The molecule has 1 spiro atoms. The summed E-state index contributed by atoms with van der Waals surface area (Å²) in [7, 11) is 0. The van der Waals surface area contributed by atoms with Crippen molar-refractivity contribution in [2.45, 2.75) is 62.4 Å². The van der Waals surface area contributed by atoms with Crippen LogP contribution in [0.15, 0.2) is 48.5 Å². The summed E-state index contributed by atoms with van der Waals surface area (Å²) in [5, 5.41) is 24.5. The van der Waals surface area contributed by atoms with Crippen molar-refractivity contribution in [3.8, 4) is 5.75 Å². The van der Waals surface area contributed by atoms with Crippen molar-refractivity contribution in [2.24, 2.45) is 17.8 Å². The van der Waals surface area contributed by atoms with Crippen LogP contribution in [0.5, 0.6) is 5.75 Å². The molecule has 222 valence electrons. The first-order chi connectivity index (χ1) is 20.3. The number of fused-ring (bicyclic) bond motifs is 2. The summed E-state index contributed by atoms with van der Waals surface area (Å²) >= 11 is 1.60. The summed E-state index contributed by atoms with van der Waals surface area (Å²) in [6.07, 6.45) is 1.20. The fourth-order valence-electron chi connectivity index (χ4n) is 7.18. The van der Waals surface area contributed by atoms with Crippen LogP contribution in [-0.4, -0.2) is 78.0 Å². The maximum atomic E-state index is 14.3. The molecule has 4 heterocycles. The van der Waals surface area contributed by atoms with Gasteiger partial charge in [-0.25, -0.2) is 4.68 Å². The lowest BCUT2D eigenvalue weighted by Gasteiger charge is -2.40. The maximum Gasteiger partial charge on any atom is 0.245 e. The topological polar surface area (TPSA) is 139 Å². The highest BCUT2D eigenvalue weighted by molar-refractivity contribution is 8.02. The number of hydrogen-bond acceptors (Lipinski definition) is 8. The van der Waals surface area contributed by atoms with E-state index in [0.29, 0.717) is 24.5 Å². The molecule has 0 aliphatic carbocycles. The van der Waals surface area contributed by atoms with Crippen LogP contribution in [0, 0.1) is 17.8 Å². The van der Waals surface area contributed by atoms with Crippen LogP contribution in [0.2, 0.25) is 0 Å². The van der Waals surface area contributed by atoms with E-state index in [9.17, 15) is 19.5 Å². The molecule has 11 nitrogen and oxygen atoms in total. The second-order valence-electron chi connectivity index (χ2n) is 11.3. The molecule has 12 heteroatoms. The van der Waals surface area contributed by atoms with Crippen LogP contribution in [-0.2, 0) is 21.1 Å². The predicted octanol–water partition coefficient (Wildman–Crippen LogP) is 2.65. The van der Waals surface area contributed by atoms with Gasteiger partial charge in [-0.3, -0.25) is 14.4 Å². The number of hydrogen-bond donors (Lipinski definition) is 3. The zero-order valence-electron chi connectivity index (χ0n) is 23.9. The minimum absolute atomic E-state index is 0.0140. The van der Waals surface area contributed by atoms with E-state index in [1.807, 2.05) is 38.1 Å². The molecule has 3 aliphatic rings. The van der Waals surface area contributed by atoms with Crippen LogP contribution in [0.25, 0.3) is 11.0 Å². The van der Waals surface area contributed by atoms with Gasteiger partial charge in [0, 0.05) is 10.9 Å². The Balaban J connectivity index is 1.30. The molecular weight excluding hydrogens is 556 g/mol. The Morgan fingerprint density at radius 3 is 2.64 bits per heavy atom. The van der Waals surface area contributed by atoms with Gasteiger partial charge in [0.25, 0.3) is 0 Å². The van der Waals surface area contributed by atoms with E-state index in [-0.39, 0.29) is 42.2 Å². The van der Waals surface area contributed by atoms with E-state index >= 15 is 0 Å². The van der Waals surface area contributed by atoms with Gasteiger partial charge in [-0.2, -0.15) is 0 Å². The predicted molar refractivity (Wildman–Crippen MR) is 159 cm³/mol. The third-order valence-electron chi connectivity index (χ3n) is 9.07. The van der Waals surface area contributed by atoms with E-state index in [2.05, 4.69) is 27.9 Å². The number of nitrogens with one attached hydrogen (secondary N) is 2. The van der Waals surface area contributed by atoms with Crippen molar-refractivity contribution in [3.05, 3.63) is 48.5 Å². The average Bonchev–Trinajstić information content (AvgIpc) is 3.71. The van der Waals surface area contributed by atoms with Gasteiger partial charge < -0.3 is 25.4 Å². The van der Waals surface area contributed by atoms with Crippen molar-refractivity contribution < 1.29 is 24.2 Å². The number of amides is 3. The van der Waals surface area contributed by atoms with Crippen LogP contribution >= 0.6 is 11.8 Å². The zero-order valence-corrected chi connectivity index (χ0v) is 24.7. The average molecular weight is 593 g/mol. The van der Waals surface area contributed by atoms with E-state index in [1.54, 1.807) is 45.6 Å². The number of anilines is 1. The van der Waals surface area contributed by atoms with Gasteiger partial charge >= 0.3 is 0 Å². The molecule has 2 bridgehead atoms. The molecule has 3 amide bonds. The third kappa shape index (κ3) is 4.43. The van der Waals surface area contributed by atoms with E-state index in [1.165, 1.54) is 0 Å². The first-order valence-corrected chi connectivity index (χ1v) is 15.4. The lowest BCUT2D eigenvalue weighted by Crippen LogP contribution is -2.58. The number of para-hydroxylation sites is 1. The highest BCUT2D eigenvalue weighted by Gasteiger charge is 2.76. The molecule has 6 rings (SSSR count). The van der Waals surface area contributed by atoms with Crippen molar-refractivity contribution in [1.82, 2.24) is 25.2 Å². The minimum Gasteiger partial charge on any atom is -0.494 e. The lowest BCUT2D eigenvalue weighted by atomic mass is 9.66. The molecule has 3 fully saturated rings. The highest BCUT2D eigenvalue weighted by Crippen LogP contribution is 2.68. The number of benzene rings is 2. The van der Waals surface area contributed by atoms with E-state index < -0.39 is 28.7 Å². The SMILES string of the molecule is CCOc1ccc(NC(=O)[C@@H]2[C@@H]3CC(C)C4(S3)C(C(=O)NCn3nnc5ccccc53)N([C@@H](CC)CO)C(=O)[C@H]24)cc1. The minimum atomic E-state index is -0.838. The van der Waals surface area contributed by atoms with Crippen molar-refractivity contribution in [1.29, 1.82) is 0 Å². The molecule has 3 N–H and O–H groups in total. The van der Waals surface area contributed by atoms with Crippen LogP contribution < -0.4 is 15.4 Å². The van der Waals surface area contributed by atoms with Crippen molar-refractivity contribution in [2.75, 3.05) is 18.5 Å². The number of ether oxygens (including phenoxy) is 1. The van der Waals surface area contributed by atoms with Crippen molar-refractivity contribution in [3.63, 3.8) is 0 Å².